The molecule has 3 rings (SSSR count). The third-order valence-corrected chi connectivity index (χ3v) is 7.98. The average molecular weight is 417 g/mol. The Balaban J connectivity index is 1.84. The molecule has 27 heavy (non-hydrogen) atoms. The van der Waals surface area contributed by atoms with Crippen LogP contribution in [-0.4, -0.2) is 75.1 Å². The summed E-state index contributed by atoms with van der Waals surface area (Å²) in [6, 6.07) is 4.09. The molecule has 0 unspecified atom stereocenters. The Morgan fingerprint density at radius 1 is 1.26 bits per heavy atom. The molecule has 9 heteroatoms. The Labute approximate surface area is 164 Å². The van der Waals surface area contributed by atoms with E-state index in [4.69, 9.17) is 16.3 Å². The predicted molar refractivity (Wildman–Crippen MR) is 102 cm³/mol. The molecular weight excluding hydrogens is 392 g/mol. The van der Waals surface area contributed by atoms with Gasteiger partial charge in [0.05, 0.1) is 21.6 Å². The van der Waals surface area contributed by atoms with Crippen LogP contribution in [0.2, 0.25) is 5.02 Å². The van der Waals surface area contributed by atoms with Crippen molar-refractivity contribution in [3.8, 4) is 0 Å². The third kappa shape index (κ3) is 3.86. The molecule has 2 fully saturated rings. The van der Waals surface area contributed by atoms with Crippen LogP contribution < -0.4 is 0 Å². The van der Waals surface area contributed by atoms with E-state index in [1.165, 1.54) is 16.4 Å². The second-order valence-electron chi connectivity index (χ2n) is 7.57. The summed E-state index contributed by atoms with van der Waals surface area (Å²) in [4.78, 5) is 13.4. The highest BCUT2D eigenvalue weighted by molar-refractivity contribution is 7.89. The highest BCUT2D eigenvalue weighted by Crippen LogP contribution is 2.40. The van der Waals surface area contributed by atoms with Crippen LogP contribution in [0.5, 0.6) is 0 Å². The zero-order valence-electron chi connectivity index (χ0n) is 15.6. The first-order chi connectivity index (χ1) is 12.6. The van der Waals surface area contributed by atoms with E-state index < -0.39 is 16.0 Å². The molecule has 1 aliphatic heterocycles. The van der Waals surface area contributed by atoms with E-state index in [1.54, 1.807) is 7.11 Å². The van der Waals surface area contributed by atoms with Crippen molar-refractivity contribution in [2.45, 2.75) is 29.9 Å². The molecule has 1 saturated heterocycles. The first kappa shape index (κ1) is 20.5. The lowest BCUT2D eigenvalue weighted by atomic mass is 9.77. The van der Waals surface area contributed by atoms with Crippen molar-refractivity contribution in [2.24, 2.45) is 11.8 Å². The smallest absolute Gasteiger partial charge is 0.337 e. The van der Waals surface area contributed by atoms with Crippen molar-refractivity contribution in [3.63, 3.8) is 0 Å². The Bertz CT molecular complexity index is 829. The number of nitrogens with zero attached hydrogens (tertiary/aromatic N) is 2. The maximum Gasteiger partial charge on any atom is 0.337 e. The number of hydrogen-bond donors (Lipinski definition) is 1. The van der Waals surface area contributed by atoms with Gasteiger partial charge in [-0.1, -0.05) is 11.6 Å². The van der Waals surface area contributed by atoms with Crippen LogP contribution in [-0.2, 0) is 14.8 Å². The summed E-state index contributed by atoms with van der Waals surface area (Å²) in [5.41, 5.74) is -0.207. The minimum absolute atomic E-state index is 0.0216. The number of aromatic carboxylic acids is 1. The molecule has 1 saturated carbocycles. The molecule has 0 aromatic heterocycles. The molecular formula is C18H25ClN2O5S. The summed E-state index contributed by atoms with van der Waals surface area (Å²) < 4.78 is 33.3. The summed E-state index contributed by atoms with van der Waals surface area (Å²) in [5.74, 6) is -0.735. The first-order valence-electron chi connectivity index (χ1n) is 8.87. The Hall–Kier alpha value is -1.19. The molecule has 1 aromatic rings. The van der Waals surface area contributed by atoms with Crippen molar-refractivity contribution in [3.05, 3.63) is 28.8 Å². The summed E-state index contributed by atoms with van der Waals surface area (Å²) in [6.45, 7) is 0.872. The molecule has 1 N–H and O–H groups in total. The highest BCUT2D eigenvalue weighted by Gasteiger charge is 2.46. The summed E-state index contributed by atoms with van der Waals surface area (Å²) in [7, 11) is 1.96. The normalized spacial score (nSPS) is 29.1. The number of carboxylic acids is 1. The van der Waals surface area contributed by atoms with Gasteiger partial charge in [-0.25, -0.2) is 13.2 Å². The van der Waals surface area contributed by atoms with E-state index in [0.717, 1.165) is 18.9 Å². The largest absolute Gasteiger partial charge is 0.478 e. The fourth-order valence-corrected chi connectivity index (χ4v) is 6.10. The zero-order chi connectivity index (χ0) is 19.9. The van der Waals surface area contributed by atoms with E-state index >= 15 is 0 Å². The lowest BCUT2D eigenvalue weighted by Gasteiger charge is -2.40. The van der Waals surface area contributed by atoms with Crippen LogP contribution in [0, 0.1) is 11.8 Å². The quantitative estimate of drug-likeness (QED) is 0.790. The number of sulfonamides is 1. The fraction of sp³-hybridized carbons (Fsp3) is 0.611. The zero-order valence-corrected chi connectivity index (χ0v) is 17.2. The third-order valence-electron chi connectivity index (χ3n) is 5.82. The van der Waals surface area contributed by atoms with Crippen LogP contribution in [0.1, 0.15) is 23.2 Å². The summed E-state index contributed by atoms with van der Waals surface area (Å²) >= 11 is 5.87. The number of hydrogen-bond acceptors (Lipinski definition) is 5. The molecule has 0 bridgehead atoms. The number of carbonyl (C=O) groups is 1. The van der Waals surface area contributed by atoms with Crippen molar-refractivity contribution in [2.75, 3.05) is 34.3 Å². The molecule has 4 atom stereocenters. The monoisotopic (exact) mass is 416 g/mol. The second-order valence-corrected chi connectivity index (χ2v) is 9.91. The SMILES string of the molecule is CO[C@@H]1C[C@H]2CN(S(=O)(=O)c3ccc(Cl)c(C(=O)O)c3)C[C@H]2C[C@H]1N(C)C. The van der Waals surface area contributed by atoms with E-state index in [0.29, 0.717) is 13.1 Å². The molecule has 1 heterocycles. The van der Waals surface area contributed by atoms with E-state index in [2.05, 4.69) is 4.90 Å². The van der Waals surface area contributed by atoms with Gasteiger partial charge in [-0.2, -0.15) is 4.31 Å². The van der Waals surface area contributed by atoms with Crippen LogP contribution in [0.15, 0.2) is 23.1 Å². The number of fused-ring (bicyclic) bond motifs is 1. The van der Waals surface area contributed by atoms with Crippen molar-refractivity contribution in [1.29, 1.82) is 0 Å². The molecule has 2 aliphatic rings. The number of likely N-dealkylation sites (N-methyl/N-ethyl adjacent to an activating group) is 1. The molecule has 0 spiro atoms. The highest BCUT2D eigenvalue weighted by atomic mass is 35.5. The van der Waals surface area contributed by atoms with Crippen molar-refractivity contribution < 1.29 is 23.1 Å². The van der Waals surface area contributed by atoms with Crippen LogP contribution in [0.3, 0.4) is 0 Å². The predicted octanol–water partition coefficient (Wildman–Crippen LogP) is 2.01. The van der Waals surface area contributed by atoms with E-state index in [9.17, 15) is 18.3 Å². The lowest BCUT2D eigenvalue weighted by Crippen LogP contribution is -2.47. The van der Waals surface area contributed by atoms with Crippen molar-refractivity contribution >= 4 is 27.6 Å². The summed E-state index contributed by atoms with van der Waals surface area (Å²) in [6.07, 6.45) is 1.78. The molecule has 150 valence electrons. The minimum Gasteiger partial charge on any atom is -0.478 e. The molecule has 1 aromatic carbocycles. The molecule has 0 amide bonds. The second kappa shape index (κ2) is 7.67. The fourth-order valence-electron chi connectivity index (χ4n) is 4.32. The Morgan fingerprint density at radius 3 is 2.44 bits per heavy atom. The number of carboxylic acid groups (broad SMARTS) is 1. The standard InChI is InChI=1S/C18H25ClN2O5S/c1-20(2)16-6-11-9-21(10-12(11)7-17(16)26-3)27(24,25)13-4-5-15(19)14(8-13)18(22)23/h4-5,8,11-12,16-17H,6-7,9-10H2,1-3H3,(H,22,23)/t11-,12+,16-,17-/m1/s1. The Kier molecular flexibility index (Phi) is 5.84. The average Bonchev–Trinajstić information content (AvgIpc) is 3.04. The maximum atomic E-state index is 13.1. The van der Waals surface area contributed by atoms with Gasteiger partial charge in [-0.05, 0) is 57.0 Å². The van der Waals surface area contributed by atoms with Gasteiger partial charge in [0, 0.05) is 26.2 Å². The van der Waals surface area contributed by atoms with Gasteiger partial charge in [-0.3, -0.25) is 0 Å². The van der Waals surface area contributed by atoms with Gasteiger partial charge >= 0.3 is 5.97 Å². The topological polar surface area (TPSA) is 87.1 Å². The Morgan fingerprint density at radius 2 is 1.89 bits per heavy atom. The van der Waals surface area contributed by atoms with E-state index in [1.807, 2.05) is 14.1 Å². The maximum absolute atomic E-state index is 13.1. The molecule has 7 nitrogen and oxygen atoms in total. The minimum atomic E-state index is -3.77. The van der Waals surface area contributed by atoms with Gasteiger partial charge in [0.25, 0.3) is 0 Å². The number of benzene rings is 1. The van der Waals surface area contributed by atoms with Crippen LogP contribution >= 0.6 is 11.6 Å². The number of methoxy groups -OCH3 is 1. The van der Waals surface area contributed by atoms with Gasteiger partial charge in [0.1, 0.15) is 0 Å². The van der Waals surface area contributed by atoms with Crippen molar-refractivity contribution in [1.82, 2.24) is 9.21 Å². The number of ether oxygens (including phenoxy) is 1. The van der Waals surface area contributed by atoms with Gasteiger partial charge < -0.3 is 14.7 Å². The number of halogens is 1. The van der Waals surface area contributed by atoms with E-state index in [-0.39, 0.29) is 39.5 Å². The first-order valence-corrected chi connectivity index (χ1v) is 10.7. The van der Waals surface area contributed by atoms with Gasteiger partial charge in [0.2, 0.25) is 10.0 Å². The molecule has 1 aliphatic carbocycles. The molecule has 0 radical (unpaired) electrons. The van der Waals surface area contributed by atoms with Crippen LogP contribution in [0.4, 0.5) is 0 Å². The number of rotatable bonds is 5. The van der Waals surface area contributed by atoms with Gasteiger partial charge in [-0.15, -0.1) is 0 Å². The summed E-state index contributed by atoms with van der Waals surface area (Å²) in [5, 5.41) is 9.24. The van der Waals surface area contributed by atoms with Gasteiger partial charge in [0.15, 0.2) is 0 Å². The van der Waals surface area contributed by atoms with Crippen LogP contribution in [0.25, 0.3) is 0 Å². The lowest BCUT2D eigenvalue weighted by molar-refractivity contribution is -0.0209.